The predicted molar refractivity (Wildman–Crippen MR) is 139 cm³/mol. The molecule has 34 heavy (non-hydrogen) atoms. The maximum absolute atomic E-state index is 12.2. The summed E-state index contributed by atoms with van der Waals surface area (Å²) >= 11 is 0. The van der Waals surface area contributed by atoms with Gasteiger partial charge >= 0.3 is 0 Å². The highest BCUT2D eigenvalue weighted by molar-refractivity contribution is 5.75. The van der Waals surface area contributed by atoms with Crippen LogP contribution in [0.25, 0.3) is 11.0 Å². The molecule has 1 unspecified atom stereocenters. The molecule has 2 aromatic heterocycles. The lowest BCUT2D eigenvalue weighted by Gasteiger charge is -2.39. The Hall–Kier alpha value is -3.19. The minimum absolute atomic E-state index is 0.0430. The molecule has 1 N–H and O–H groups in total. The van der Waals surface area contributed by atoms with E-state index >= 15 is 0 Å². The highest BCUT2D eigenvalue weighted by atomic mass is 16.1. The van der Waals surface area contributed by atoms with E-state index in [-0.39, 0.29) is 11.6 Å². The van der Waals surface area contributed by atoms with Crippen molar-refractivity contribution in [3.63, 3.8) is 0 Å². The molecule has 1 aliphatic heterocycles. The van der Waals surface area contributed by atoms with Gasteiger partial charge in [-0.15, -0.1) is 0 Å². The number of nitrogens with zero attached hydrogens (tertiary/aromatic N) is 5. The SMILES string of the molecule is CC=CN1CCN(C(CC)c2ccc([C@H](C)Nc3ncc4ccc(=O)n(CC)c4n3)cc2)CC1. The van der Waals surface area contributed by atoms with Crippen molar-refractivity contribution in [1.82, 2.24) is 24.3 Å². The molecular formula is C27H36N6O. The molecule has 7 nitrogen and oxygen atoms in total. The van der Waals surface area contributed by atoms with Crippen LogP contribution in [0.1, 0.15) is 57.3 Å². The summed E-state index contributed by atoms with van der Waals surface area (Å²) in [7, 11) is 0. The number of rotatable bonds is 8. The molecule has 7 heteroatoms. The van der Waals surface area contributed by atoms with Gasteiger partial charge in [-0.1, -0.05) is 37.3 Å². The number of pyridine rings is 1. The largest absolute Gasteiger partial charge is 0.375 e. The number of nitrogens with one attached hydrogen (secondary N) is 1. The fourth-order valence-electron chi connectivity index (χ4n) is 4.84. The van der Waals surface area contributed by atoms with Crippen LogP contribution in [0.2, 0.25) is 0 Å². The van der Waals surface area contributed by atoms with Crippen LogP contribution in [0.4, 0.5) is 5.95 Å². The van der Waals surface area contributed by atoms with E-state index in [1.54, 1.807) is 22.9 Å². The Kier molecular flexibility index (Phi) is 7.63. The van der Waals surface area contributed by atoms with Crippen molar-refractivity contribution in [2.24, 2.45) is 0 Å². The number of anilines is 1. The van der Waals surface area contributed by atoms with E-state index in [4.69, 9.17) is 0 Å². The summed E-state index contributed by atoms with van der Waals surface area (Å²) in [6.45, 7) is 13.3. The van der Waals surface area contributed by atoms with E-state index in [2.05, 4.69) is 82.4 Å². The van der Waals surface area contributed by atoms with Crippen LogP contribution >= 0.6 is 0 Å². The second-order valence-corrected chi connectivity index (χ2v) is 8.90. The summed E-state index contributed by atoms with van der Waals surface area (Å²) in [6.07, 6.45) is 7.18. The van der Waals surface area contributed by atoms with Gasteiger partial charge in [0.1, 0.15) is 5.65 Å². The number of piperazine rings is 1. The van der Waals surface area contributed by atoms with Gasteiger partial charge in [-0.05, 0) is 50.6 Å². The molecule has 0 aliphatic carbocycles. The molecular weight excluding hydrogens is 424 g/mol. The second-order valence-electron chi connectivity index (χ2n) is 8.90. The van der Waals surface area contributed by atoms with Gasteiger partial charge in [-0.3, -0.25) is 14.3 Å². The van der Waals surface area contributed by atoms with Crippen LogP contribution in [0.5, 0.6) is 0 Å². The van der Waals surface area contributed by atoms with Crippen molar-refractivity contribution in [2.45, 2.75) is 52.7 Å². The third kappa shape index (κ3) is 5.14. The number of hydrogen-bond acceptors (Lipinski definition) is 6. The van der Waals surface area contributed by atoms with Gasteiger partial charge in [0.05, 0.1) is 6.04 Å². The third-order valence-corrected chi connectivity index (χ3v) is 6.74. The molecule has 3 heterocycles. The predicted octanol–water partition coefficient (Wildman–Crippen LogP) is 4.59. The van der Waals surface area contributed by atoms with Crippen LogP contribution < -0.4 is 10.9 Å². The fraction of sp³-hybridized carbons (Fsp3) is 0.444. The Bertz CT molecular complexity index is 1180. The number of allylic oxidation sites excluding steroid dienone is 1. The number of aromatic nitrogens is 3. The smallest absolute Gasteiger partial charge is 0.252 e. The van der Waals surface area contributed by atoms with Gasteiger partial charge in [-0.25, -0.2) is 4.98 Å². The zero-order valence-electron chi connectivity index (χ0n) is 20.7. The van der Waals surface area contributed by atoms with Gasteiger partial charge < -0.3 is 10.2 Å². The normalized spacial score (nSPS) is 16.8. The number of hydrogen-bond donors (Lipinski definition) is 1. The fourth-order valence-corrected chi connectivity index (χ4v) is 4.84. The van der Waals surface area contributed by atoms with Crippen molar-refractivity contribution in [3.8, 4) is 0 Å². The van der Waals surface area contributed by atoms with Crippen molar-refractivity contribution < 1.29 is 0 Å². The Balaban J connectivity index is 1.46. The van der Waals surface area contributed by atoms with Gasteiger partial charge in [0, 0.05) is 56.4 Å². The topological polar surface area (TPSA) is 66.3 Å². The van der Waals surface area contributed by atoms with E-state index in [0.29, 0.717) is 24.2 Å². The first-order valence-corrected chi connectivity index (χ1v) is 12.4. The monoisotopic (exact) mass is 460 g/mol. The van der Waals surface area contributed by atoms with Crippen LogP contribution in [0.15, 0.2) is 59.7 Å². The standard InChI is InChI=1S/C27H36N6O/c1-5-14-31-15-17-32(18-16-31)24(6-2)22-10-8-21(9-11-22)20(4)29-27-28-19-23-12-13-25(34)33(7-3)26(23)30-27/h5,8-14,19-20,24H,6-7,15-18H2,1-4H3,(H,28,29,30)/t20-,24?/m0/s1. The first-order chi connectivity index (χ1) is 16.5. The molecule has 1 aliphatic rings. The average Bonchev–Trinajstić information content (AvgIpc) is 2.86. The lowest BCUT2D eigenvalue weighted by atomic mass is 9.98. The Labute approximate surface area is 202 Å². The first kappa shape index (κ1) is 24.0. The summed E-state index contributed by atoms with van der Waals surface area (Å²) in [6, 6.07) is 12.8. The molecule has 1 saturated heterocycles. The minimum Gasteiger partial charge on any atom is -0.375 e. The molecule has 4 rings (SSSR count). The highest BCUT2D eigenvalue weighted by Gasteiger charge is 2.23. The maximum Gasteiger partial charge on any atom is 0.252 e. The van der Waals surface area contributed by atoms with Gasteiger partial charge in [0.15, 0.2) is 0 Å². The minimum atomic E-state index is -0.0444. The van der Waals surface area contributed by atoms with Crippen molar-refractivity contribution >= 4 is 17.0 Å². The van der Waals surface area contributed by atoms with Crippen LogP contribution in [-0.2, 0) is 6.54 Å². The van der Waals surface area contributed by atoms with Crippen LogP contribution in [0, 0.1) is 0 Å². The average molecular weight is 461 g/mol. The quantitative estimate of drug-likeness (QED) is 0.531. The zero-order valence-corrected chi connectivity index (χ0v) is 20.7. The number of aryl methyl sites for hydroxylation is 1. The maximum atomic E-state index is 12.2. The molecule has 3 aromatic rings. The van der Waals surface area contributed by atoms with Crippen molar-refractivity contribution in [3.05, 3.63) is 76.4 Å². The van der Waals surface area contributed by atoms with Crippen molar-refractivity contribution in [2.75, 3.05) is 31.5 Å². The lowest BCUT2D eigenvalue weighted by Crippen LogP contribution is -2.45. The Morgan fingerprint density at radius 2 is 1.74 bits per heavy atom. The third-order valence-electron chi connectivity index (χ3n) is 6.74. The van der Waals surface area contributed by atoms with Gasteiger partial charge in [0.25, 0.3) is 5.56 Å². The molecule has 2 atom stereocenters. The summed E-state index contributed by atoms with van der Waals surface area (Å²) in [5, 5.41) is 4.27. The second kappa shape index (κ2) is 10.8. The molecule has 0 spiro atoms. The van der Waals surface area contributed by atoms with E-state index in [1.165, 1.54) is 11.1 Å². The molecule has 1 aromatic carbocycles. The molecule has 0 saturated carbocycles. The molecule has 1 fully saturated rings. The molecule has 180 valence electrons. The van der Waals surface area contributed by atoms with E-state index < -0.39 is 0 Å². The van der Waals surface area contributed by atoms with Gasteiger partial charge in [0.2, 0.25) is 5.95 Å². The number of benzene rings is 1. The summed E-state index contributed by atoms with van der Waals surface area (Å²) in [5.41, 5.74) is 3.17. The van der Waals surface area contributed by atoms with Crippen LogP contribution in [-0.4, -0.2) is 50.5 Å². The van der Waals surface area contributed by atoms with Gasteiger partial charge in [-0.2, -0.15) is 4.98 Å². The lowest BCUT2D eigenvalue weighted by molar-refractivity contribution is 0.119. The molecule has 0 bridgehead atoms. The molecule has 0 radical (unpaired) electrons. The Morgan fingerprint density at radius 3 is 2.38 bits per heavy atom. The highest BCUT2D eigenvalue weighted by Crippen LogP contribution is 2.27. The van der Waals surface area contributed by atoms with E-state index in [1.807, 2.05) is 6.92 Å². The van der Waals surface area contributed by atoms with Crippen LogP contribution in [0.3, 0.4) is 0 Å². The van der Waals surface area contributed by atoms with Crippen molar-refractivity contribution in [1.29, 1.82) is 0 Å². The zero-order chi connectivity index (χ0) is 24.1. The first-order valence-electron chi connectivity index (χ1n) is 12.4. The summed E-state index contributed by atoms with van der Waals surface area (Å²) in [5.74, 6) is 0.530. The number of fused-ring (bicyclic) bond motifs is 1. The summed E-state index contributed by atoms with van der Waals surface area (Å²) < 4.78 is 1.67. The summed E-state index contributed by atoms with van der Waals surface area (Å²) in [4.78, 5) is 26.3. The Morgan fingerprint density at radius 1 is 1.03 bits per heavy atom. The molecule has 0 amide bonds. The van der Waals surface area contributed by atoms with E-state index in [9.17, 15) is 4.79 Å². The van der Waals surface area contributed by atoms with E-state index in [0.717, 1.165) is 38.0 Å².